The molecule has 0 atom stereocenters. The topological polar surface area (TPSA) is 4.93 Å². The Labute approximate surface area is 222 Å². The van der Waals surface area contributed by atoms with E-state index in [1.807, 2.05) is 0 Å². The number of benzene rings is 6. The van der Waals surface area contributed by atoms with Gasteiger partial charge in [0.2, 0.25) is 0 Å². The summed E-state index contributed by atoms with van der Waals surface area (Å²) in [5.74, 6) is 0. The Bertz CT molecular complexity index is 2040. The SMILES string of the molecule is CC1(C)c2ccccc2-c2ccc3c4ccccc4n(-c4ccc5c(-c6ccccc6)cccc5c4)c3c21. The monoisotopic (exact) mass is 485 g/mol. The van der Waals surface area contributed by atoms with Crippen LogP contribution in [0, 0.1) is 0 Å². The van der Waals surface area contributed by atoms with Crippen molar-refractivity contribution in [3.63, 3.8) is 0 Å². The second-order valence-electron chi connectivity index (χ2n) is 11.0. The van der Waals surface area contributed by atoms with E-state index in [1.54, 1.807) is 0 Å². The highest BCUT2D eigenvalue weighted by molar-refractivity contribution is 6.13. The van der Waals surface area contributed by atoms with Gasteiger partial charge in [0.15, 0.2) is 0 Å². The van der Waals surface area contributed by atoms with E-state index in [1.165, 1.54) is 71.6 Å². The average molecular weight is 486 g/mol. The van der Waals surface area contributed by atoms with E-state index in [0.29, 0.717) is 0 Å². The predicted octanol–water partition coefficient (Wildman–Crippen LogP) is 9.91. The van der Waals surface area contributed by atoms with Gasteiger partial charge in [-0.3, -0.25) is 0 Å². The summed E-state index contributed by atoms with van der Waals surface area (Å²) in [5, 5.41) is 5.15. The van der Waals surface area contributed by atoms with Crippen molar-refractivity contribution in [3.05, 3.63) is 139 Å². The van der Waals surface area contributed by atoms with Crippen LogP contribution in [0.4, 0.5) is 0 Å². The van der Waals surface area contributed by atoms with Crippen LogP contribution in [-0.4, -0.2) is 4.57 Å². The smallest absolute Gasteiger partial charge is 0.0588 e. The van der Waals surface area contributed by atoms with Gasteiger partial charge in [0, 0.05) is 21.9 Å². The van der Waals surface area contributed by atoms with Crippen LogP contribution in [0.1, 0.15) is 25.0 Å². The van der Waals surface area contributed by atoms with Gasteiger partial charge in [0.1, 0.15) is 0 Å². The molecule has 0 bridgehead atoms. The molecule has 1 heteroatoms. The zero-order valence-electron chi connectivity index (χ0n) is 21.6. The number of hydrogen-bond acceptors (Lipinski definition) is 0. The van der Waals surface area contributed by atoms with Crippen molar-refractivity contribution in [1.29, 1.82) is 0 Å². The van der Waals surface area contributed by atoms with Crippen LogP contribution in [0.15, 0.2) is 127 Å². The summed E-state index contributed by atoms with van der Waals surface area (Å²) < 4.78 is 2.51. The van der Waals surface area contributed by atoms with Gasteiger partial charge in [-0.15, -0.1) is 0 Å². The maximum atomic E-state index is 2.51. The molecule has 0 radical (unpaired) electrons. The van der Waals surface area contributed by atoms with Gasteiger partial charge in [0.25, 0.3) is 0 Å². The summed E-state index contributed by atoms with van der Waals surface area (Å²) in [7, 11) is 0. The van der Waals surface area contributed by atoms with Gasteiger partial charge in [-0.1, -0.05) is 123 Å². The number of hydrogen-bond donors (Lipinski definition) is 0. The third-order valence-corrected chi connectivity index (χ3v) is 8.56. The molecular formula is C37H27N. The minimum Gasteiger partial charge on any atom is -0.309 e. The van der Waals surface area contributed by atoms with Crippen LogP contribution in [0.3, 0.4) is 0 Å². The first-order valence-corrected chi connectivity index (χ1v) is 13.4. The second-order valence-corrected chi connectivity index (χ2v) is 11.0. The molecule has 0 saturated carbocycles. The minimum atomic E-state index is -0.0884. The molecule has 38 heavy (non-hydrogen) atoms. The maximum Gasteiger partial charge on any atom is 0.0588 e. The molecule has 0 unspecified atom stereocenters. The van der Waals surface area contributed by atoms with Gasteiger partial charge in [-0.25, -0.2) is 0 Å². The summed E-state index contributed by atoms with van der Waals surface area (Å²) in [6.45, 7) is 4.76. The third-order valence-electron chi connectivity index (χ3n) is 8.56. The lowest BCUT2D eigenvalue weighted by Gasteiger charge is -2.23. The van der Waals surface area contributed by atoms with Crippen molar-refractivity contribution in [2.24, 2.45) is 0 Å². The Hall–Kier alpha value is -4.62. The van der Waals surface area contributed by atoms with Gasteiger partial charge < -0.3 is 4.57 Å². The van der Waals surface area contributed by atoms with E-state index >= 15 is 0 Å². The highest BCUT2D eigenvalue weighted by atomic mass is 15.0. The summed E-state index contributed by atoms with van der Waals surface area (Å²) in [4.78, 5) is 0. The normalized spacial score (nSPS) is 13.7. The lowest BCUT2D eigenvalue weighted by molar-refractivity contribution is 0.664. The Balaban J connectivity index is 1.46. The van der Waals surface area contributed by atoms with Crippen LogP contribution in [0.5, 0.6) is 0 Å². The lowest BCUT2D eigenvalue weighted by atomic mass is 9.81. The van der Waals surface area contributed by atoms with E-state index < -0.39 is 0 Å². The predicted molar refractivity (Wildman–Crippen MR) is 161 cm³/mol. The van der Waals surface area contributed by atoms with Crippen molar-refractivity contribution in [1.82, 2.24) is 4.57 Å². The molecule has 1 aliphatic carbocycles. The van der Waals surface area contributed by atoms with Gasteiger partial charge in [0.05, 0.1) is 11.0 Å². The number of aromatic nitrogens is 1. The lowest BCUT2D eigenvalue weighted by Crippen LogP contribution is -2.16. The first kappa shape index (κ1) is 21.5. The molecule has 1 nitrogen and oxygen atoms in total. The zero-order chi connectivity index (χ0) is 25.4. The first-order chi connectivity index (χ1) is 18.6. The summed E-state index contributed by atoms with van der Waals surface area (Å²) in [6, 6.07) is 46.7. The summed E-state index contributed by atoms with van der Waals surface area (Å²) in [6.07, 6.45) is 0. The number of para-hydroxylation sites is 1. The van der Waals surface area contributed by atoms with E-state index in [4.69, 9.17) is 0 Å². The van der Waals surface area contributed by atoms with E-state index in [-0.39, 0.29) is 5.41 Å². The van der Waals surface area contributed by atoms with Gasteiger partial charge >= 0.3 is 0 Å². The highest BCUT2D eigenvalue weighted by Gasteiger charge is 2.38. The van der Waals surface area contributed by atoms with Crippen LogP contribution in [0.2, 0.25) is 0 Å². The molecule has 0 amide bonds. The summed E-state index contributed by atoms with van der Waals surface area (Å²) >= 11 is 0. The Morgan fingerprint density at radius 1 is 0.526 bits per heavy atom. The van der Waals surface area contributed by atoms with E-state index in [9.17, 15) is 0 Å². The molecule has 8 rings (SSSR count). The molecular weight excluding hydrogens is 458 g/mol. The van der Waals surface area contributed by atoms with Crippen molar-refractivity contribution in [3.8, 4) is 27.9 Å². The Kier molecular flexibility index (Phi) is 4.35. The molecule has 7 aromatic rings. The molecule has 1 aromatic heterocycles. The molecule has 0 spiro atoms. The molecule has 180 valence electrons. The average Bonchev–Trinajstić information content (AvgIpc) is 3.42. The van der Waals surface area contributed by atoms with Crippen molar-refractivity contribution >= 4 is 32.6 Å². The molecule has 1 heterocycles. The number of nitrogens with zero attached hydrogens (tertiary/aromatic N) is 1. The molecule has 1 aliphatic rings. The van der Waals surface area contributed by atoms with Crippen molar-refractivity contribution in [2.45, 2.75) is 19.3 Å². The zero-order valence-corrected chi connectivity index (χ0v) is 21.6. The van der Waals surface area contributed by atoms with E-state index in [2.05, 4.69) is 146 Å². The molecule has 6 aromatic carbocycles. The number of rotatable bonds is 2. The first-order valence-electron chi connectivity index (χ1n) is 13.4. The van der Waals surface area contributed by atoms with Crippen molar-refractivity contribution < 1.29 is 0 Å². The van der Waals surface area contributed by atoms with Crippen LogP contribution >= 0.6 is 0 Å². The fourth-order valence-electron chi connectivity index (χ4n) is 6.86. The quantitative estimate of drug-likeness (QED) is 0.230. The Morgan fingerprint density at radius 2 is 1.26 bits per heavy atom. The third kappa shape index (κ3) is 2.82. The fraction of sp³-hybridized carbons (Fsp3) is 0.0811. The minimum absolute atomic E-state index is 0.0884. The summed E-state index contributed by atoms with van der Waals surface area (Å²) in [5.41, 5.74) is 11.8. The molecule has 0 aliphatic heterocycles. The van der Waals surface area contributed by atoms with Crippen LogP contribution < -0.4 is 0 Å². The van der Waals surface area contributed by atoms with Crippen LogP contribution in [0.25, 0.3) is 60.5 Å². The van der Waals surface area contributed by atoms with Gasteiger partial charge in [-0.05, 0) is 62.4 Å². The molecule has 0 fully saturated rings. The fourth-order valence-corrected chi connectivity index (χ4v) is 6.86. The maximum absolute atomic E-state index is 2.51. The number of fused-ring (bicyclic) bond motifs is 8. The molecule has 0 N–H and O–H groups in total. The largest absolute Gasteiger partial charge is 0.309 e. The van der Waals surface area contributed by atoms with Crippen LogP contribution in [-0.2, 0) is 5.41 Å². The van der Waals surface area contributed by atoms with Crippen molar-refractivity contribution in [2.75, 3.05) is 0 Å². The standard InChI is InChI=1S/C37H27N/c1-37(2)33-17-8-6-14-29(33)31-21-22-32-30-15-7-9-18-34(30)38(36(32)35(31)37)26-19-20-28-25(23-26)13-10-16-27(28)24-11-4-3-5-12-24/h3-23H,1-2H3. The highest BCUT2D eigenvalue weighted by Crippen LogP contribution is 2.52. The molecule has 0 saturated heterocycles. The second kappa shape index (κ2) is 7.69. The Morgan fingerprint density at radius 3 is 2.16 bits per heavy atom. The van der Waals surface area contributed by atoms with E-state index in [0.717, 1.165) is 0 Å². The van der Waals surface area contributed by atoms with Gasteiger partial charge in [-0.2, -0.15) is 0 Å².